The molecular formula is C24H27NO7. The van der Waals surface area contributed by atoms with Crippen LogP contribution in [0.25, 0.3) is 0 Å². The molecule has 1 aromatic carbocycles. The van der Waals surface area contributed by atoms with Crippen molar-refractivity contribution in [1.82, 2.24) is 5.32 Å². The first-order valence-electron chi connectivity index (χ1n) is 11.0. The molecule has 1 aromatic rings. The van der Waals surface area contributed by atoms with Gasteiger partial charge in [0.2, 0.25) is 0 Å². The number of allylic oxidation sites excluding steroid dienone is 1. The number of cyclic esters (lactones) is 2. The molecule has 170 valence electrons. The number of ether oxygens (including phenoxy) is 3. The van der Waals surface area contributed by atoms with E-state index in [1.165, 1.54) is 6.92 Å². The third kappa shape index (κ3) is 4.69. The van der Waals surface area contributed by atoms with E-state index in [1.54, 1.807) is 0 Å². The summed E-state index contributed by atoms with van der Waals surface area (Å²) in [4.78, 5) is 49.2. The lowest BCUT2D eigenvalue weighted by atomic mass is 9.62. The van der Waals surface area contributed by atoms with Crippen LogP contribution in [0.5, 0.6) is 0 Å². The van der Waals surface area contributed by atoms with Gasteiger partial charge in [-0.3, -0.25) is 14.4 Å². The van der Waals surface area contributed by atoms with E-state index >= 15 is 0 Å². The highest BCUT2D eigenvalue weighted by molar-refractivity contribution is 5.97. The molecule has 0 unspecified atom stereocenters. The van der Waals surface area contributed by atoms with E-state index in [9.17, 15) is 19.2 Å². The minimum Gasteiger partial charge on any atom is -0.464 e. The number of hydrogen-bond acceptors (Lipinski definition) is 7. The fourth-order valence-corrected chi connectivity index (χ4v) is 5.11. The van der Waals surface area contributed by atoms with E-state index < -0.39 is 47.8 Å². The number of amides is 1. The second kappa shape index (κ2) is 9.54. The van der Waals surface area contributed by atoms with Gasteiger partial charge < -0.3 is 19.5 Å². The Bertz CT molecular complexity index is 926. The molecule has 1 aliphatic heterocycles. The molecule has 5 atom stereocenters. The number of hydrogen-bond donors (Lipinski definition) is 1. The van der Waals surface area contributed by atoms with Gasteiger partial charge in [-0.15, -0.1) is 0 Å². The summed E-state index contributed by atoms with van der Waals surface area (Å²) in [5.41, 5.74) is 1.94. The van der Waals surface area contributed by atoms with Gasteiger partial charge in [-0.1, -0.05) is 48.4 Å². The average molecular weight is 441 g/mol. The molecule has 3 aliphatic rings. The van der Waals surface area contributed by atoms with Gasteiger partial charge in [0.1, 0.15) is 13.2 Å². The van der Waals surface area contributed by atoms with Crippen molar-refractivity contribution in [2.24, 2.45) is 23.7 Å². The molecule has 8 heteroatoms. The minimum atomic E-state index is -0.733. The van der Waals surface area contributed by atoms with Gasteiger partial charge in [0.25, 0.3) is 0 Å². The van der Waals surface area contributed by atoms with Gasteiger partial charge in [-0.05, 0) is 30.7 Å². The van der Waals surface area contributed by atoms with Crippen molar-refractivity contribution in [3.8, 4) is 0 Å². The lowest BCUT2D eigenvalue weighted by Crippen LogP contribution is -2.50. The Hall–Kier alpha value is -3.16. The molecule has 1 saturated carbocycles. The van der Waals surface area contributed by atoms with Crippen molar-refractivity contribution >= 4 is 24.0 Å². The summed E-state index contributed by atoms with van der Waals surface area (Å²) in [5.74, 6) is -3.41. The quantitative estimate of drug-likeness (QED) is 0.313. The third-order valence-electron chi connectivity index (χ3n) is 6.54. The summed E-state index contributed by atoms with van der Waals surface area (Å²) in [5, 5.41) is 2.75. The molecule has 1 heterocycles. The second-order valence-electron chi connectivity index (χ2n) is 8.58. The molecule has 1 saturated heterocycles. The van der Waals surface area contributed by atoms with E-state index in [0.29, 0.717) is 0 Å². The topological polar surface area (TPSA) is 108 Å². The standard InChI is InChI=1S/C24H27NO7/c1-14(26)30-13-19(25-24(29)31-12-15-7-3-2-4-8-15)18-11-16-9-5-6-10-17(16)20-21(18)23(28)32-22(20)27/h2-4,7-8,11,17-21H,5-6,9-10,12-13H2,1H3,(H,25,29)/t17-,18-,19-,20-,21+/m1/s1. The van der Waals surface area contributed by atoms with Gasteiger partial charge in [0.05, 0.1) is 17.9 Å². The van der Waals surface area contributed by atoms with Crippen molar-refractivity contribution in [1.29, 1.82) is 0 Å². The summed E-state index contributed by atoms with van der Waals surface area (Å²) in [6.07, 6.45) is 4.98. The van der Waals surface area contributed by atoms with Crippen molar-refractivity contribution in [3.05, 3.63) is 47.5 Å². The van der Waals surface area contributed by atoms with E-state index in [4.69, 9.17) is 14.2 Å². The zero-order valence-electron chi connectivity index (χ0n) is 18.0. The SMILES string of the molecule is CC(=O)OC[C@@H](NC(=O)OCc1ccccc1)[C@H]1C=C2CCCC[C@H]2[C@H]2C(=O)OC(=O)[C@@H]12. The van der Waals surface area contributed by atoms with Crippen molar-refractivity contribution in [2.45, 2.75) is 45.3 Å². The van der Waals surface area contributed by atoms with E-state index in [-0.39, 0.29) is 19.1 Å². The molecule has 2 fully saturated rings. The van der Waals surface area contributed by atoms with Crippen LogP contribution >= 0.6 is 0 Å². The van der Waals surface area contributed by atoms with Crippen LogP contribution < -0.4 is 5.32 Å². The Morgan fingerprint density at radius 3 is 2.59 bits per heavy atom. The number of alkyl carbamates (subject to hydrolysis) is 1. The second-order valence-corrected chi connectivity index (χ2v) is 8.58. The Labute approximate surface area is 186 Å². The molecule has 32 heavy (non-hydrogen) atoms. The lowest BCUT2D eigenvalue weighted by molar-refractivity contribution is -0.154. The maximum atomic E-state index is 12.6. The van der Waals surface area contributed by atoms with E-state index in [2.05, 4.69) is 5.32 Å². The van der Waals surface area contributed by atoms with Gasteiger partial charge in [-0.25, -0.2) is 4.79 Å². The van der Waals surface area contributed by atoms with Crippen LogP contribution in [0.2, 0.25) is 0 Å². The normalized spacial score (nSPS) is 27.3. The molecule has 2 aliphatic carbocycles. The first-order chi connectivity index (χ1) is 15.4. The first-order valence-corrected chi connectivity index (χ1v) is 11.0. The van der Waals surface area contributed by atoms with Gasteiger partial charge in [-0.2, -0.15) is 0 Å². The van der Waals surface area contributed by atoms with Crippen LogP contribution in [0, 0.1) is 23.7 Å². The maximum Gasteiger partial charge on any atom is 0.407 e. The van der Waals surface area contributed by atoms with Crippen LogP contribution in [0.3, 0.4) is 0 Å². The van der Waals surface area contributed by atoms with Crippen LogP contribution in [0.4, 0.5) is 4.79 Å². The summed E-state index contributed by atoms with van der Waals surface area (Å²) in [6, 6.07) is 8.50. The Morgan fingerprint density at radius 1 is 1.09 bits per heavy atom. The molecule has 8 nitrogen and oxygen atoms in total. The lowest BCUT2D eigenvalue weighted by Gasteiger charge is -2.40. The predicted octanol–water partition coefficient (Wildman–Crippen LogP) is 2.91. The van der Waals surface area contributed by atoms with Crippen LogP contribution in [0.1, 0.15) is 38.2 Å². The van der Waals surface area contributed by atoms with Gasteiger partial charge in [0, 0.05) is 12.8 Å². The molecule has 1 N–H and O–H groups in total. The van der Waals surface area contributed by atoms with Crippen LogP contribution in [-0.2, 0) is 35.2 Å². The molecular weight excluding hydrogens is 414 g/mol. The minimum absolute atomic E-state index is 0.0108. The monoisotopic (exact) mass is 441 g/mol. The zero-order valence-corrected chi connectivity index (χ0v) is 18.0. The summed E-state index contributed by atoms with van der Waals surface area (Å²) >= 11 is 0. The predicted molar refractivity (Wildman–Crippen MR) is 112 cm³/mol. The molecule has 0 bridgehead atoms. The summed E-state index contributed by atoms with van der Waals surface area (Å²) < 4.78 is 15.5. The fraction of sp³-hybridized carbons (Fsp3) is 0.500. The Balaban J connectivity index is 1.55. The molecule has 4 rings (SSSR count). The molecule has 1 amide bonds. The Kier molecular flexibility index (Phi) is 6.58. The van der Waals surface area contributed by atoms with Gasteiger partial charge in [0.15, 0.2) is 0 Å². The molecule has 0 spiro atoms. The van der Waals surface area contributed by atoms with Crippen molar-refractivity contribution < 1.29 is 33.4 Å². The van der Waals surface area contributed by atoms with Crippen molar-refractivity contribution in [2.75, 3.05) is 6.61 Å². The van der Waals surface area contributed by atoms with Crippen molar-refractivity contribution in [3.63, 3.8) is 0 Å². The van der Waals surface area contributed by atoms with Crippen LogP contribution in [0.15, 0.2) is 42.0 Å². The number of nitrogens with one attached hydrogen (secondary N) is 1. The largest absolute Gasteiger partial charge is 0.464 e. The highest BCUT2D eigenvalue weighted by Crippen LogP contribution is 2.49. The van der Waals surface area contributed by atoms with E-state index in [0.717, 1.165) is 36.8 Å². The van der Waals surface area contributed by atoms with Crippen LogP contribution in [-0.4, -0.2) is 36.6 Å². The average Bonchev–Trinajstić information content (AvgIpc) is 3.09. The molecule has 0 aromatic heterocycles. The highest BCUT2D eigenvalue weighted by Gasteiger charge is 2.56. The number of carbonyl (C=O) groups is 4. The number of benzene rings is 1. The number of esters is 3. The smallest absolute Gasteiger partial charge is 0.407 e. The zero-order chi connectivity index (χ0) is 22.7. The number of fused-ring (bicyclic) bond motifs is 3. The van der Waals surface area contributed by atoms with E-state index in [1.807, 2.05) is 36.4 Å². The third-order valence-corrected chi connectivity index (χ3v) is 6.54. The number of rotatable bonds is 6. The maximum absolute atomic E-state index is 12.6. The molecule has 0 radical (unpaired) electrons. The summed E-state index contributed by atoms with van der Waals surface area (Å²) in [6.45, 7) is 1.21. The summed E-state index contributed by atoms with van der Waals surface area (Å²) in [7, 11) is 0. The first kappa shape index (κ1) is 22.0. The highest BCUT2D eigenvalue weighted by atomic mass is 16.6. The Morgan fingerprint density at radius 2 is 1.84 bits per heavy atom. The number of carbonyl (C=O) groups excluding carboxylic acids is 4. The fourth-order valence-electron chi connectivity index (χ4n) is 5.11. The van der Waals surface area contributed by atoms with Gasteiger partial charge >= 0.3 is 24.0 Å².